The molecule has 0 saturated carbocycles. The van der Waals surface area contributed by atoms with E-state index in [1.807, 2.05) is 36.4 Å². The van der Waals surface area contributed by atoms with Crippen LogP contribution in [0, 0.1) is 0 Å². The first-order chi connectivity index (χ1) is 8.69. The van der Waals surface area contributed by atoms with Crippen molar-refractivity contribution >= 4 is 34.7 Å². The monoisotopic (exact) mass is 286 g/mol. The lowest BCUT2D eigenvalue weighted by atomic mass is 10.0. The zero-order valence-electron chi connectivity index (χ0n) is 10.2. The number of carbonyl (C=O) groups is 1. The van der Waals surface area contributed by atoms with Crippen molar-refractivity contribution in [3.05, 3.63) is 42.0 Å². The van der Waals surface area contributed by atoms with Gasteiger partial charge in [-0.2, -0.15) is 0 Å². The van der Waals surface area contributed by atoms with Gasteiger partial charge >= 0.3 is 5.97 Å². The first-order valence-electron chi connectivity index (χ1n) is 5.80. The third-order valence-electron chi connectivity index (χ3n) is 2.41. The number of halogens is 2. The van der Waals surface area contributed by atoms with Gasteiger partial charge in [0.1, 0.15) is 5.38 Å². The molecule has 0 amide bonds. The molecule has 0 radical (unpaired) electrons. The predicted molar refractivity (Wildman–Crippen MR) is 76.0 cm³/mol. The molecule has 1 aromatic rings. The van der Waals surface area contributed by atoms with Crippen LogP contribution in [0.15, 0.2) is 36.4 Å². The Labute approximate surface area is 118 Å². The maximum Gasteiger partial charge on any atom is 0.324 e. The Bertz CT molecular complexity index is 402. The van der Waals surface area contributed by atoms with Gasteiger partial charge in [0, 0.05) is 5.88 Å². The minimum Gasteiger partial charge on any atom is -0.465 e. The highest BCUT2D eigenvalue weighted by molar-refractivity contribution is 6.30. The van der Waals surface area contributed by atoms with Crippen molar-refractivity contribution in [2.45, 2.75) is 18.7 Å². The van der Waals surface area contributed by atoms with Gasteiger partial charge in [0.2, 0.25) is 0 Å². The van der Waals surface area contributed by atoms with E-state index in [4.69, 9.17) is 27.9 Å². The van der Waals surface area contributed by atoms with Crippen molar-refractivity contribution in [3.8, 4) is 0 Å². The fourth-order valence-corrected chi connectivity index (χ4v) is 1.99. The second kappa shape index (κ2) is 8.17. The summed E-state index contributed by atoms with van der Waals surface area (Å²) in [7, 11) is 0. The fourth-order valence-electron chi connectivity index (χ4n) is 1.57. The average molecular weight is 287 g/mol. The predicted octanol–water partition coefficient (Wildman–Crippen LogP) is 3.87. The van der Waals surface area contributed by atoms with Gasteiger partial charge in [-0.05, 0) is 24.5 Å². The minimum absolute atomic E-state index is 0.335. The molecule has 0 aliphatic rings. The second-order valence-corrected chi connectivity index (χ2v) is 4.51. The first kappa shape index (κ1) is 15.1. The molecule has 0 fully saturated rings. The smallest absolute Gasteiger partial charge is 0.324 e. The summed E-state index contributed by atoms with van der Waals surface area (Å²) in [6, 6.07) is 9.74. The Morgan fingerprint density at radius 1 is 1.39 bits per heavy atom. The molecule has 0 N–H and O–H groups in total. The summed E-state index contributed by atoms with van der Waals surface area (Å²) in [5.74, 6) is -0.00741. The highest BCUT2D eigenvalue weighted by Gasteiger charge is 2.18. The highest BCUT2D eigenvalue weighted by atomic mass is 35.5. The number of benzene rings is 1. The summed E-state index contributed by atoms with van der Waals surface area (Å²) in [6.45, 7) is 2.09. The topological polar surface area (TPSA) is 26.3 Å². The van der Waals surface area contributed by atoms with E-state index in [0.29, 0.717) is 18.9 Å². The van der Waals surface area contributed by atoms with E-state index < -0.39 is 11.3 Å². The number of hydrogen-bond acceptors (Lipinski definition) is 2. The summed E-state index contributed by atoms with van der Waals surface area (Å²) >= 11 is 11.8. The highest BCUT2D eigenvalue weighted by Crippen LogP contribution is 2.23. The number of carbonyl (C=O) groups excluding carboxylic acids is 1. The molecule has 0 aliphatic heterocycles. The summed E-state index contributed by atoms with van der Waals surface area (Å²) in [5.41, 5.74) is 1.98. The van der Waals surface area contributed by atoms with Crippen LogP contribution in [-0.2, 0) is 9.53 Å². The van der Waals surface area contributed by atoms with Gasteiger partial charge in [0.15, 0.2) is 0 Å². The van der Waals surface area contributed by atoms with Crippen molar-refractivity contribution < 1.29 is 9.53 Å². The van der Waals surface area contributed by atoms with E-state index in [0.717, 1.165) is 11.1 Å². The Kier molecular flexibility index (Phi) is 6.84. The first-order valence-corrected chi connectivity index (χ1v) is 6.77. The summed E-state index contributed by atoms with van der Waals surface area (Å²) in [5, 5.41) is -0.681. The van der Waals surface area contributed by atoms with Gasteiger partial charge < -0.3 is 4.74 Å². The van der Waals surface area contributed by atoms with E-state index in [1.165, 1.54) is 0 Å². The number of esters is 1. The van der Waals surface area contributed by atoms with Crippen molar-refractivity contribution in [3.63, 3.8) is 0 Å². The number of alkyl halides is 2. The quantitative estimate of drug-likeness (QED) is 0.586. The number of ether oxygens (including phenoxy) is 1. The van der Waals surface area contributed by atoms with Gasteiger partial charge in [-0.25, -0.2) is 0 Å². The molecular weight excluding hydrogens is 271 g/mol. The lowest BCUT2D eigenvalue weighted by molar-refractivity contribution is -0.142. The number of hydrogen-bond donors (Lipinski definition) is 0. The van der Waals surface area contributed by atoms with Crippen LogP contribution in [0.3, 0.4) is 0 Å². The van der Waals surface area contributed by atoms with Crippen LogP contribution >= 0.6 is 23.2 Å². The second-order valence-electron chi connectivity index (χ2n) is 3.67. The molecule has 0 saturated heterocycles. The third kappa shape index (κ3) is 4.71. The molecule has 18 heavy (non-hydrogen) atoms. The molecule has 1 unspecified atom stereocenters. The summed E-state index contributed by atoms with van der Waals surface area (Å²) in [6.07, 6.45) is 2.28. The molecule has 4 heteroatoms. The summed E-state index contributed by atoms with van der Waals surface area (Å²) < 4.78 is 4.89. The molecule has 0 bridgehead atoms. The van der Waals surface area contributed by atoms with Crippen LogP contribution in [-0.4, -0.2) is 23.8 Å². The van der Waals surface area contributed by atoms with Crippen LogP contribution in [0.25, 0.3) is 5.57 Å². The average Bonchev–Trinajstić information content (AvgIpc) is 2.39. The van der Waals surface area contributed by atoms with Crippen molar-refractivity contribution in [2.24, 2.45) is 0 Å². The molecule has 1 rings (SSSR count). The molecule has 0 aliphatic carbocycles. The Morgan fingerprint density at radius 2 is 2.06 bits per heavy atom. The van der Waals surface area contributed by atoms with Gasteiger partial charge in [0.05, 0.1) is 6.61 Å². The maximum absolute atomic E-state index is 11.5. The van der Waals surface area contributed by atoms with E-state index in [9.17, 15) is 4.79 Å². The molecule has 2 nitrogen and oxygen atoms in total. The normalized spacial score (nSPS) is 13.2. The van der Waals surface area contributed by atoms with Crippen LogP contribution in [0.2, 0.25) is 0 Å². The zero-order valence-corrected chi connectivity index (χ0v) is 11.7. The molecule has 1 aromatic carbocycles. The molecule has 0 aromatic heterocycles. The molecule has 0 heterocycles. The van der Waals surface area contributed by atoms with E-state index in [1.54, 1.807) is 6.92 Å². The van der Waals surface area contributed by atoms with Crippen molar-refractivity contribution in [1.82, 2.24) is 0 Å². The van der Waals surface area contributed by atoms with Crippen LogP contribution < -0.4 is 0 Å². The Balaban J connectivity index is 2.77. The van der Waals surface area contributed by atoms with Crippen molar-refractivity contribution in [1.29, 1.82) is 0 Å². The van der Waals surface area contributed by atoms with Crippen LogP contribution in [0.1, 0.15) is 18.9 Å². The summed E-state index contributed by atoms with van der Waals surface area (Å²) in [4.78, 5) is 11.5. The zero-order chi connectivity index (χ0) is 13.4. The largest absolute Gasteiger partial charge is 0.465 e. The van der Waals surface area contributed by atoms with Gasteiger partial charge in [-0.1, -0.05) is 36.4 Å². The van der Waals surface area contributed by atoms with Gasteiger partial charge in [-0.3, -0.25) is 4.79 Å². The Morgan fingerprint density at radius 3 is 2.61 bits per heavy atom. The van der Waals surface area contributed by atoms with Gasteiger partial charge in [0.25, 0.3) is 0 Å². The number of allylic oxidation sites excluding steroid dienone is 2. The van der Waals surface area contributed by atoms with E-state index >= 15 is 0 Å². The van der Waals surface area contributed by atoms with Crippen molar-refractivity contribution in [2.75, 3.05) is 12.5 Å². The lowest BCUT2D eigenvalue weighted by Crippen LogP contribution is -2.18. The lowest BCUT2D eigenvalue weighted by Gasteiger charge is -2.12. The molecule has 0 spiro atoms. The van der Waals surface area contributed by atoms with E-state index in [-0.39, 0.29) is 0 Å². The fraction of sp³-hybridized carbons (Fsp3) is 0.357. The van der Waals surface area contributed by atoms with Gasteiger partial charge in [-0.15, -0.1) is 23.2 Å². The SMILES string of the molecule is CCOC(=O)C(Cl)C/C(=C/CCl)c1ccccc1. The Hall–Kier alpha value is -0.990. The molecule has 1 atom stereocenters. The van der Waals surface area contributed by atoms with E-state index in [2.05, 4.69) is 0 Å². The molecular formula is C14H16Cl2O2. The maximum atomic E-state index is 11.5. The van der Waals surface area contributed by atoms with Crippen LogP contribution in [0.4, 0.5) is 0 Å². The minimum atomic E-state index is -0.681. The standard InChI is InChI=1S/C14H16Cl2O2/c1-2-18-14(17)13(16)10-12(8-9-15)11-6-4-3-5-7-11/h3-8,13H,2,9-10H2,1H3/b12-8-. The number of rotatable bonds is 6. The van der Waals surface area contributed by atoms with Crippen LogP contribution in [0.5, 0.6) is 0 Å². The molecule has 98 valence electrons. The third-order valence-corrected chi connectivity index (χ3v) is 2.90.